The Morgan fingerprint density at radius 3 is 3.00 bits per heavy atom. The van der Waals surface area contributed by atoms with Crippen molar-refractivity contribution in [3.05, 3.63) is 17.5 Å². The third kappa shape index (κ3) is 5.28. The first kappa shape index (κ1) is 13.2. The number of nitrogens with one attached hydrogen (secondary N) is 1. The molecule has 0 saturated heterocycles. The first-order chi connectivity index (χ1) is 7.72. The van der Waals surface area contributed by atoms with Gasteiger partial charge in [-0.25, -0.2) is 0 Å². The van der Waals surface area contributed by atoms with Crippen molar-refractivity contribution in [2.24, 2.45) is 0 Å². The topological polar surface area (TPSA) is 47.3 Å². The van der Waals surface area contributed by atoms with Gasteiger partial charge in [-0.1, -0.05) is 32.3 Å². The van der Waals surface area contributed by atoms with Gasteiger partial charge >= 0.3 is 0 Å². The number of aromatic nitrogens is 1. The van der Waals surface area contributed by atoms with Gasteiger partial charge in [-0.2, -0.15) is 0 Å². The number of unbranched alkanes of at least 4 members (excludes halogenated alkanes) is 1. The lowest BCUT2D eigenvalue weighted by Crippen LogP contribution is -2.21. The van der Waals surface area contributed by atoms with Crippen molar-refractivity contribution in [3.63, 3.8) is 0 Å². The Morgan fingerprint density at radius 2 is 2.31 bits per heavy atom. The highest BCUT2D eigenvalue weighted by molar-refractivity contribution is 5.04. The van der Waals surface area contributed by atoms with Crippen LogP contribution in [0.4, 0.5) is 0 Å². The van der Waals surface area contributed by atoms with Gasteiger partial charge in [0.1, 0.15) is 6.61 Å². The summed E-state index contributed by atoms with van der Waals surface area (Å²) in [5.41, 5.74) is 0.933. The van der Waals surface area contributed by atoms with E-state index in [4.69, 9.17) is 9.26 Å². The van der Waals surface area contributed by atoms with Crippen LogP contribution in [-0.4, -0.2) is 17.8 Å². The first-order valence-electron chi connectivity index (χ1n) is 5.98. The average molecular weight is 226 g/mol. The minimum absolute atomic E-state index is 0.459. The van der Waals surface area contributed by atoms with E-state index in [1.165, 1.54) is 0 Å². The zero-order chi connectivity index (χ0) is 11.8. The van der Waals surface area contributed by atoms with Crippen LogP contribution in [0.5, 0.6) is 0 Å². The zero-order valence-electron chi connectivity index (χ0n) is 10.5. The molecule has 1 rings (SSSR count). The Labute approximate surface area is 97.3 Å². The van der Waals surface area contributed by atoms with Gasteiger partial charge in [0.15, 0.2) is 5.76 Å². The van der Waals surface area contributed by atoms with Crippen molar-refractivity contribution in [2.75, 3.05) is 6.61 Å². The summed E-state index contributed by atoms with van der Waals surface area (Å²) < 4.78 is 10.6. The largest absolute Gasteiger partial charge is 0.373 e. The maximum Gasteiger partial charge on any atom is 0.162 e. The van der Waals surface area contributed by atoms with E-state index < -0.39 is 0 Å². The molecular weight excluding hydrogens is 204 g/mol. The monoisotopic (exact) mass is 226 g/mol. The molecule has 1 heterocycles. The quantitative estimate of drug-likeness (QED) is 0.692. The van der Waals surface area contributed by atoms with E-state index >= 15 is 0 Å². The zero-order valence-corrected chi connectivity index (χ0v) is 10.5. The lowest BCUT2D eigenvalue weighted by molar-refractivity contribution is 0.0986. The summed E-state index contributed by atoms with van der Waals surface area (Å²) in [4.78, 5) is 0. The van der Waals surface area contributed by atoms with Gasteiger partial charge in [-0.15, -0.1) is 0 Å². The molecule has 0 aliphatic carbocycles. The molecule has 16 heavy (non-hydrogen) atoms. The van der Waals surface area contributed by atoms with E-state index in [1.807, 2.05) is 6.07 Å². The third-order valence-electron chi connectivity index (χ3n) is 2.19. The normalized spacial score (nSPS) is 11.2. The van der Waals surface area contributed by atoms with Gasteiger partial charge in [0, 0.05) is 25.3 Å². The minimum atomic E-state index is 0.459. The number of ether oxygens (including phenoxy) is 1. The van der Waals surface area contributed by atoms with Crippen molar-refractivity contribution < 1.29 is 9.26 Å². The van der Waals surface area contributed by atoms with Crippen LogP contribution in [0.2, 0.25) is 0 Å². The fourth-order valence-electron chi connectivity index (χ4n) is 1.23. The smallest absolute Gasteiger partial charge is 0.162 e. The highest BCUT2D eigenvalue weighted by Gasteiger charge is 2.04. The van der Waals surface area contributed by atoms with Crippen molar-refractivity contribution in [2.45, 2.75) is 52.8 Å². The third-order valence-corrected chi connectivity index (χ3v) is 2.19. The van der Waals surface area contributed by atoms with Crippen LogP contribution in [0.1, 0.15) is 45.1 Å². The fraction of sp³-hybridized carbons (Fsp3) is 0.750. The van der Waals surface area contributed by atoms with Crippen molar-refractivity contribution >= 4 is 0 Å². The molecule has 0 unspecified atom stereocenters. The molecule has 0 radical (unpaired) electrons. The SMILES string of the molecule is CCCCOCc1cc(CNC(C)C)no1. The van der Waals surface area contributed by atoms with Gasteiger partial charge in [0.2, 0.25) is 0 Å². The summed E-state index contributed by atoms with van der Waals surface area (Å²) in [6.07, 6.45) is 2.25. The Bertz CT molecular complexity index is 284. The van der Waals surface area contributed by atoms with E-state index in [0.29, 0.717) is 12.6 Å². The lowest BCUT2D eigenvalue weighted by Gasteiger charge is -2.03. The minimum Gasteiger partial charge on any atom is -0.373 e. The number of nitrogens with zero attached hydrogens (tertiary/aromatic N) is 1. The number of hydrogen-bond acceptors (Lipinski definition) is 4. The maximum atomic E-state index is 5.44. The molecule has 0 aliphatic rings. The average Bonchev–Trinajstić information content (AvgIpc) is 2.70. The lowest BCUT2D eigenvalue weighted by atomic mass is 10.3. The molecule has 0 aromatic carbocycles. The van der Waals surface area contributed by atoms with Crippen molar-refractivity contribution in [3.8, 4) is 0 Å². The Balaban J connectivity index is 2.22. The molecule has 4 nitrogen and oxygen atoms in total. The summed E-state index contributed by atoms with van der Waals surface area (Å²) in [5.74, 6) is 0.802. The molecule has 0 saturated carbocycles. The standard InChI is InChI=1S/C12H22N2O2/c1-4-5-6-15-9-12-7-11(14-16-12)8-13-10(2)3/h7,10,13H,4-6,8-9H2,1-3H3. The summed E-state index contributed by atoms with van der Waals surface area (Å²) in [6.45, 7) is 8.42. The predicted octanol–water partition coefficient (Wildman–Crippen LogP) is 2.49. The van der Waals surface area contributed by atoms with Gasteiger partial charge in [0.25, 0.3) is 0 Å². The molecule has 0 amide bonds. The van der Waals surface area contributed by atoms with Crippen LogP contribution in [0.25, 0.3) is 0 Å². The van der Waals surface area contributed by atoms with Gasteiger partial charge < -0.3 is 14.6 Å². The summed E-state index contributed by atoms with van der Waals surface area (Å²) >= 11 is 0. The van der Waals surface area contributed by atoms with Crippen LogP contribution < -0.4 is 5.32 Å². The van der Waals surface area contributed by atoms with E-state index in [-0.39, 0.29) is 0 Å². The molecule has 1 aromatic rings. The van der Waals surface area contributed by atoms with Crippen LogP contribution in [-0.2, 0) is 17.9 Å². The Hall–Kier alpha value is -0.870. The van der Waals surface area contributed by atoms with Crippen LogP contribution in [0, 0.1) is 0 Å². The summed E-state index contributed by atoms with van der Waals surface area (Å²) in [5, 5.41) is 7.26. The molecule has 92 valence electrons. The summed E-state index contributed by atoms with van der Waals surface area (Å²) in [7, 11) is 0. The Morgan fingerprint density at radius 1 is 1.50 bits per heavy atom. The second-order valence-corrected chi connectivity index (χ2v) is 4.23. The fourth-order valence-corrected chi connectivity index (χ4v) is 1.23. The molecular formula is C12H22N2O2. The molecule has 0 spiro atoms. The van der Waals surface area contributed by atoms with E-state index in [1.54, 1.807) is 0 Å². The van der Waals surface area contributed by atoms with Crippen molar-refractivity contribution in [1.82, 2.24) is 10.5 Å². The predicted molar refractivity (Wildman–Crippen MR) is 63.0 cm³/mol. The van der Waals surface area contributed by atoms with E-state index in [2.05, 4.69) is 31.2 Å². The van der Waals surface area contributed by atoms with Crippen molar-refractivity contribution in [1.29, 1.82) is 0 Å². The molecule has 1 N–H and O–H groups in total. The van der Waals surface area contributed by atoms with Crippen LogP contribution in [0.15, 0.2) is 10.6 Å². The Kier molecular flexibility index (Phi) is 6.11. The second kappa shape index (κ2) is 7.41. The molecule has 0 bridgehead atoms. The number of rotatable bonds is 8. The molecule has 0 fully saturated rings. The maximum absolute atomic E-state index is 5.44. The van der Waals surface area contributed by atoms with E-state index in [0.717, 1.165) is 37.4 Å². The second-order valence-electron chi connectivity index (χ2n) is 4.23. The molecule has 0 atom stereocenters. The molecule has 4 heteroatoms. The van der Waals surface area contributed by atoms with Gasteiger partial charge in [-0.05, 0) is 6.42 Å². The van der Waals surface area contributed by atoms with Gasteiger partial charge in [-0.3, -0.25) is 0 Å². The number of hydrogen-bond donors (Lipinski definition) is 1. The summed E-state index contributed by atoms with van der Waals surface area (Å²) in [6, 6.07) is 2.40. The molecule has 1 aromatic heterocycles. The highest BCUT2D eigenvalue weighted by atomic mass is 16.5. The van der Waals surface area contributed by atoms with Crippen LogP contribution in [0.3, 0.4) is 0 Å². The highest BCUT2D eigenvalue weighted by Crippen LogP contribution is 2.05. The van der Waals surface area contributed by atoms with Gasteiger partial charge in [0.05, 0.1) is 5.69 Å². The first-order valence-corrected chi connectivity index (χ1v) is 5.98. The molecule has 0 aliphatic heterocycles. The van der Waals surface area contributed by atoms with E-state index in [9.17, 15) is 0 Å². The van der Waals surface area contributed by atoms with Crippen LogP contribution >= 0.6 is 0 Å².